The lowest BCUT2D eigenvalue weighted by molar-refractivity contribution is -0.143. The van der Waals surface area contributed by atoms with Gasteiger partial charge >= 0.3 is 5.97 Å². The maximum absolute atomic E-state index is 12.4. The molecule has 1 amide bonds. The molecule has 2 N–H and O–H groups in total. The maximum Gasteiger partial charge on any atom is 0.326 e. The number of amides is 1. The van der Waals surface area contributed by atoms with Gasteiger partial charge in [0.25, 0.3) is 0 Å². The number of nitrogens with one attached hydrogen (secondary N) is 1. The van der Waals surface area contributed by atoms with Crippen molar-refractivity contribution in [1.82, 2.24) is 5.32 Å². The van der Waals surface area contributed by atoms with Gasteiger partial charge in [-0.15, -0.1) is 11.8 Å². The number of rotatable bonds is 9. The second-order valence-corrected chi connectivity index (χ2v) is 9.55. The second-order valence-electron chi connectivity index (χ2n) is 6.09. The number of sulfone groups is 1. The molecule has 6 nitrogen and oxygen atoms in total. The van der Waals surface area contributed by atoms with Crippen molar-refractivity contribution in [2.24, 2.45) is 5.92 Å². The molecule has 1 unspecified atom stereocenters. The van der Waals surface area contributed by atoms with E-state index in [9.17, 15) is 23.1 Å². The van der Waals surface area contributed by atoms with E-state index in [1.165, 1.54) is 6.07 Å². The van der Waals surface area contributed by atoms with Crippen LogP contribution in [0, 0.1) is 5.92 Å². The van der Waals surface area contributed by atoms with E-state index >= 15 is 0 Å². The van der Waals surface area contributed by atoms with Crippen molar-refractivity contribution in [3.8, 4) is 0 Å². The number of carboxylic acid groups (broad SMARTS) is 1. The van der Waals surface area contributed by atoms with Gasteiger partial charge in [0.1, 0.15) is 6.04 Å². The average molecular weight is 388 g/mol. The monoisotopic (exact) mass is 387 g/mol. The third kappa shape index (κ3) is 6.04. The lowest BCUT2D eigenvalue weighted by Gasteiger charge is -2.21. The Morgan fingerprint density at radius 1 is 1.20 bits per heavy atom. The molecule has 0 spiro atoms. The van der Waals surface area contributed by atoms with Crippen molar-refractivity contribution in [3.05, 3.63) is 24.3 Å². The maximum atomic E-state index is 12.4. The van der Waals surface area contributed by atoms with E-state index < -0.39 is 33.0 Å². The quantitative estimate of drug-likeness (QED) is 0.632. The summed E-state index contributed by atoms with van der Waals surface area (Å²) in [5.74, 6) is -1.74. The Morgan fingerprint density at radius 2 is 1.80 bits per heavy atom. The Bertz CT molecular complexity index is 716. The van der Waals surface area contributed by atoms with Crippen LogP contribution in [-0.4, -0.2) is 42.4 Å². The number of carbonyl (C=O) groups excluding carboxylic acids is 1. The van der Waals surface area contributed by atoms with Crippen LogP contribution in [0.15, 0.2) is 34.1 Å². The molecule has 0 aliphatic rings. The summed E-state index contributed by atoms with van der Waals surface area (Å²) in [6.07, 6.45) is 0.506. The van der Waals surface area contributed by atoms with Crippen molar-refractivity contribution in [1.29, 1.82) is 0 Å². The van der Waals surface area contributed by atoms with Crippen LogP contribution < -0.4 is 5.32 Å². The molecule has 0 saturated heterocycles. The lowest BCUT2D eigenvalue weighted by atomic mass is 10.0. The first-order valence-corrected chi connectivity index (χ1v) is 10.6. The zero-order valence-corrected chi connectivity index (χ0v) is 16.5. The number of aliphatic carboxylic acids is 1. The van der Waals surface area contributed by atoms with Crippen molar-refractivity contribution >= 4 is 33.5 Å². The first kappa shape index (κ1) is 21.5. The predicted molar refractivity (Wildman–Crippen MR) is 98.5 cm³/mol. The number of benzene rings is 1. The van der Waals surface area contributed by atoms with Gasteiger partial charge in [0.2, 0.25) is 5.91 Å². The zero-order chi connectivity index (χ0) is 19.2. The van der Waals surface area contributed by atoms with Crippen LogP contribution in [0.3, 0.4) is 0 Å². The van der Waals surface area contributed by atoms with Crippen LogP contribution in [0.2, 0.25) is 0 Å². The molecule has 0 aliphatic heterocycles. The van der Waals surface area contributed by atoms with Gasteiger partial charge in [-0.05, 0) is 31.4 Å². The minimum atomic E-state index is -3.41. The number of hydrogen-bond acceptors (Lipinski definition) is 5. The highest BCUT2D eigenvalue weighted by Crippen LogP contribution is 2.30. The molecule has 0 radical (unpaired) electrons. The molecule has 0 bridgehead atoms. The minimum absolute atomic E-state index is 0.0413. The topological polar surface area (TPSA) is 101 Å². The molecule has 1 aromatic rings. The van der Waals surface area contributed by atoms with E-state index in [0.717, 1.165) is 11.8 Å². The Kier molecular flexibility index (Phi) is 7.95. The standard InChI is InChI=1S/C17H25NO5S2/c1-5-10-25(22,23)14-9-7-6-8-13(14)24-12(4)16(19)18-15(11(2)3)17(20)21/h6-9,11-12,15H,5,10H2,1-4H3,(H,18,19)(H,20,21)/t12?,15-/m0/s1. The SMILES string of the molecule is CCCS(=O)(=O)c1ccccc1SC(C)C(=O)N[C@H](C(=O)O)C(C)C. The van der Waals surface area contributed by atoms with E-state index in [1.807, 2.05) is 0 Å². The van der Waals surface area contributed by atoms with Gasteiger partial charge in [0, 0.05) is 4.90 Å². The highest BCUT2D eigenvalue weighted by atomic mass is 32.2. The normalized spacial score (nSPS) is 14.1. The van der Waals surface area contributed by atoms with Gasteiger partial charge in [-0.1, -0.05) is 32.9 Å². The summed E-state index contributed by atoms with van der Waals surface area (Å²) >= 11 is 1.11. The summed E-state index contributed by atoms with van der Waals surface area (Å²) in [5, 5.41) is 11.1. The largest absolute Gasteiger partial charge is 0.480 e. The molecule has 0 aliphatic carbocycles. The molecular formula is C17H25NO5S2. The molecule has 0 aromatic heterocycles. The number of carbonyl (C=O) groups is 2. The summed E-state index contributed by atoms with van der Waals surface area (Å²) < 4.78 is 24.7. The fraction of sp³-hybridized carbons (Fsp3) is 0.529. The van der Waals surface area contributed by atoms with Gasteiger partial charge in [0.15, 0.2) is 9.84 Å². The summed E-state index contributed by atoms with van der Waals surface area (Å²) in [6, 6.07) is 5.58. The van der Waals surface area contributed by atoms with Crippen LogP contribution in [-0.2, 0) is 19.4 Å². The molecule has 140 valence electrons. The molecular weight excluding hydrogens is 362 g/mol. The lowest BCUT2D eigenvalue weighted by Crippen LogP contribution is -2.46. The van der Waals surface area contributed by atoms with Gasteiger partial charge < -0.3 is 10.4 Å². The summed E-state index contributed by atoms with van der Waals surface area (Å²) in [7, 11) is -3.41. The first-order chi connectivity index (χ1) is 11.6. The fourth-order valence-electron chi connectivity index (χ4n) is 2.21. The van der Waals surface area contributed by atoms with Crippen molar-refractivity contribution < 1.29 is 23.1 Å². The number of thioether (sulfide) groups is 1. The second kappa shape index (κ2) is 9.24. The summed E-state index contributed by atoms with van der Waals surface area (Å²) in [4.78, 5) is 24.2. The summed E-state index contributed by atoms with van der Waals surface area (Å²) in [5.41, 5.74) is 0. The molecule has 25 heavy (non-hydrogen) atoms. The summed E-state index contributed by atoms with van der Waals surface area (Å²) in [6.45, 7) is 6.84. The average Bonchev–Trinajstić information content (AvgIpc) is 2.51. The smallest absolute Gasteiger partial charge is 0.326 e. The zero-order valence-electron chi connectivity index (χ0n) is 14.9. The van der Waals surface area contributed by atoms with Crippen molar-refractivity contribution in [2.45, 2.75) is 55.2 Å². The van der Waals surface area contributed by atoms with Gasteiger partial charge in [-0.3, -0.25) is 4.79 Å². The molecule has 0 saturated carbocycles. The molecule has 1 aromatic carbocycles. The molecule has 8 heteroatoms. The van der Waals surface area contributed by atoms with E-state index in [-0.39, 0.29) is 16.6 Å². The first-order valence-electron chi connectivity index (χ1n) is 8.11. The molecule has 2 atom stereocenters. The van der Waals surface area contributed by atoms with Crippen LogP contribution in [0.4, 0.5) is 0 Å². The van der Waals surface area contributed by atoms with Crippen LogP contribution in [0.1, 0.15) is 34.1 Å². The third-order valence-corrected chi connectivity index (χ3v) is 6.84. The Balaban J connectivity index is 2.96. The third-order valence-electron chi connectivity index (χ3n) is 3.56. The highest BCUT2D eigenvalue weighted by Gasteiger charge is 2.27. The van der Waals surface area contributed by atoms with Crippen LogP contribution in [0.5, 0.6) is 0 Å². The number of hydrogen-bond donors (Lipinski definition) is 2. The van der Waals surface area contributed by atoms with Crippen LogP contribution >= 0.6 is 11.8 Å². The Hall–Kier alpha value is -1.54. The minimum Gasteiger partial charge on any atom is -0.480 e. The van der Waals surface area contributed by atoms with E-state index in [4.69, 9.17) is 0 Å². The van der Waals surface area contributed by atoms with Gasteiger partial charge in [0.05, 0.1) is 15.9 Å². The Labute approximate surface area is 153 Å². The van der Waals surface area contributed by atoms with Crippen molar-refractivity contribution in [3.63, 3.8) is 0 Å². The predicted octanol–water partition coefficient (Wildman–Crippen LogP) is 2.58. The van der Waals surface area contributed by atoms with E-state index in [0.29, 0.717) is 11.3 Å². The van der Waals surface area contributed by atoms with E-state index in [2.05, 4.69) is 5.32 Å². The number of carboxylic acids is 1. The highest BCUT2D eigenvalue weighted by molar-refractivity contribution is 8.01. The molecule has 0 heterocycles. The van der Waals surface area contributed by atoms with E-state index in [1.54, 1.807) is 45.9 Å². The molecule has 1 rings (SSSR count). The van der Waals surface area contributed by atoms with Gasteiger partial charge in [-0.2, -0.15) is 0 Å². The molecule has 0 fully saturated rings. The van der Waals surface area contributed by atoms with Gasteiger partial charge in [-0.25, -0.2) is 13.2 Å². The van der Waals surface area contributed by atoms with Crippen LogP contribution in [0.25, 0.3) is 0 Å². The Morgan fingerprint density at radius 3 is 2.32 bits per heavy atom. The fourth-order valence-corrected chi connectivity index (χ4v) is 5.05. The van der Waals surface area contributed by atoms with Crippen molar-refractivity contribution in [2.75, 3.05) is 5.75 Å².